The number of alkyl halides is 3. The lowest BCUT2D eigenvalue weighted by Crippen LogP contribution is -2.70. The van der Waals surface area contributed by atoms with Crippen LogP contribution in [0.2, 0.25) is 0 Å². The number of β-lactam (4-membered cyclic amide) rings is 1. The SMILES string of the molecule is Cc1nnc(SCC2=C(C(=O)O)N3C(=O)[C@@H](NC(=O)CCn4nc(C(F)(F)F)c(Br)c4C4CC4)[C@H]3SC2)s1. The van der Waals surface area contributed by atoms with Crippen molar-refractivity contribution < 1.29 is 32.7 Å². The number of nitrogens with one attached hydrogen (secondary N) is 1. The van der Waals surface area contributed by atoms with Crippen LogP contribution in [0.3, 0.4) is 0 Å². The molecule has 0 unspecified atom stereocenters. The Morgan fingerprint density at radius 2 is 2.03 bits per heavy atom. The van der Waals surface area contributed by atoms with Crippen molar-refractivity contribution in [2.75, 3.05) is 11.5 Å². The predicted octanol–water partition coefficient (Wildman–Crippen LogP) is 3.62. The van der Waals surface area contributed by atoms with Crippen molar-refractivity contribution in [2.45, 2.75) is 60.6 Å². The molecule has 2 aromatic heterocycles. The number of hydrogen-bond donors (Lipinski definition) is 2. The van der Waals surface area contributed by atoms with Crippen molar-refractivity contribution in [3.63, 3.8) is 0 Å². The fourth-order valence-corrected chi connectivity index (χ4v) is 8.42. The average Bonchev–Trinajstić information content (AvgIpc) is 3.50. The van der Waals surface area contributed by atoms with Gasteiger partial charge in [-0.3, -0.25) is 19.2 Å². The van der Waals surface area contributed by atoms with E-state index in [0.717, 1.165) is 17.8 Å². The molecule has 2 N–H and O–H groups in total. The standard InChI is InChI=1S/C21H20BrF3N6O4S3/c1-8-27-28-20(38-8)37-7-10-6-36-18-13(17(33)31(18)15(10)19(34)35)26-11(32)4-5-30-14(9-2-3-9)12(22)16(29-30)21(23,24)25/h9,13,18H,2-7H2,1H3,(H,26,32)(H,34,35)/t13-,18-/m1/s1. The van der Waals surface area contributed by atoms with Gasteiger partial charge in [-0.2, -0.15) is 18.3 Å². The zero-order valence-electron chi connectivity index (χ0n) is 19.6. The van der Waals surface area contributed by atoms with Crippen molar-refractivity contribution in [2.24, 2.45) is 0 Å². The highest BCUT2D eigenvalue weighted by Crippen LogP contribution is 2.47. The fourth-order valence-electron chi connectivity index (χ4n) is 4.28. The lowest BCUT2D eigenvalue weighted by Gasteiger charge is -2.49. The Balaban J connectivity index is 1.22. The molecule has 2 aromatic rings. The van der Waals surface area contributed by atoms with Crippen LogP contribution in [0.1, 0.15) is 41.6 Å². The lowest BCUT2D eigenvalue weighted by atomic mass is 10.0. The van der Waals surface area contributed by atoms with Gasteiger partial charge in [0.25, 0.3) is 5.91 Å². The van der Waals surface area contributed by atoms with E-state index in [0.29, 0.717) is 27.1 Å². The quantitative estimate of drug-likeness (QED) is 0.308. The molecule has 0 spiro atoms. The molecule has 10 nitrogen and oxygen atoms in total. The van der Waals surface area contributed by atoms with Gasteiger partial charge in [0.15, 0.2) is 10.0 Å². The highest BCUT2D eigenvalue weighted by molar-refractivity contribution is 9.10. The first-order chi connectivity index (χ1) is 18.0. The number of hydrogen-bond acceptors (Lipinski definition) is 9. The van der Waals surface area contributed by atoms with Gasteiger partial charge in [-0.15, -0.1) is 22.0 Å². The summed E-state index contributed by atoms with van der Waals surface area (Å²) in [5, 5.41) is 24.3. The Labute approximate surface area is 234 Å². The molecule has 1 saturated carbocycles. The van der Waals surface area contributed by atoms with Crippen LogP contribution in [-0.4, -0.2) is 70.7 Å². The maximum absolute atomic E-state index is 13.3. The number of carboxylic acids is 1. The number of nitrogens with zero attached hydrogens (tertiary/aromatic N) is 5. The summed E-state index contributed by atoms with van der Waals surface area (Å²) in [6.07, 6.45) is -3.31. The van der Waals surface area contributed by atoms with Crippen LogP contribution in [0.25, 0.3) is 0 Å². The van der Waals surface area contributed by atoms with E-state index in [4.69, 9.17) is 0 Å². The topological polar surface area (TPSA) is 130 Å². The van der Waals surface area contributed by atoms with Gasteiger partial charge in [-0.1, -0.05) is 23.1 Å². The summed E-state index contributed by atoms with van der Waals surface area (Å²) in [6, 6.07) is -0.917. The van der Waals surface area contributed by atoms with Gasteiger partial charge in [-0.25, -0.2) is 4.79 Å². The van der Waals surface area contributed by atoms with Gasteiger partial charge >= 0.3 is 12.1 Å². The van der Waals surface area contributed by atoms with E-state index in [-0.39, 0.29) is 29.1 Å². The largest absolute Gasteiger partial charge is 0.477 e. The van der Waals surface area contributed by atoms with Crippen LogP contribution in [0.4, 0.5) is 13.2 Å². The molecule has 0 radical (unpaired) electrons. The predicted molar refractivity (Wildman–Crippen MR) is 137 cm³/mol. The van der Waals surface area contributed by atoms with E-state index in [1.165, 1.54) is 44.4 Å². The summed E-state index contributed by atoms with van der Waals surface area (Å²) in [5.41, 5.74) is -0.115. The Morgan fingerprint density at radius 3 is 2.63 bits per heavy atom. The second-order valence-corrected chi connectivity index (χ2v) is 13.2. The molecule has 4 heterocycles. The number of thioether (sulfide) groups is 2. The van der Waals surface area contributed by atoms with E-state index >= 15 is 0 Å². The van der Waals surface area contributed by atoms with Crippen LogP contribution in [0, 0.1) is 6.92 Å². The molecule has 204 valence electrons. The second kappa shape index (κ2) is 10.5. The molecule has 1 saturated heterocycles. The molecule has 0 aromatic carbocycles. The third-order valence-electron chi connectivity index (χ3n) is 6.16. The summed E-state index contributed by atoms with van der Waals surface area (Å²) >= 11 is 7.11. The molecular formula is C21H20BrF3N6O4S3. The third-order valence-corrected chi connectivity index (χ3v) is 10.3. The first-order valence-electron chi connectivity index (χ1n) is 11.4. The van der Waals surface area contributed by atoms with Crippen molar-refractivity contribution >= 4 is 68.6 Å². The number of carbonyl (C=O) groups excluding carboxylic acids is 2. The van der Waals surface area contributed by atoms with Gasteiger partial charge < -0.3 is 10.4 Å². The highest BCUT2D eigenvalue weighted by atomic mass is 79.9. The molecular weight excluding hydrogens is 633 g/mol. The Morgan fingerprint density at radius 1 is 1.29 bits per heavy atom. The van der Waals surface area contributed by atoms with E-state index in [1.54, 1.807) is 0 Å². The Bertz CT molecular complexity index is 1340. The molecule has 1 aliphatic carbocycles. The molecule has 2 atom stereocenters. The molecule has 3 aliphatic rings. The van der Waals surface area contributed by atoms with Crippen molar-refractivity contribution in [3.05, 3.63) is 32.1 Å². The second-order valence-electron chi connectivity index (χ2n) is 8.88. The smallest absolute Gasteiger partial charge is 0.436 e. The summed E-state index contributed by atoms with van der Waals surface area (Å²) in [6.45, 7) is 1.74. The van der Waals surface area contributed by atoms with E-state index in [1.807, 2.05) is 6.92 Å². The molecule has 2 aliphatic heterocycles. The van der Waals surface area contributed by atoms with Gasteiger partial charge in [0, 0.05) is 23.8 Å². The number of aromatic nitrogens is 4. The summed E-state index contributed by atoms with van der Waals surface area (Å²) in [5.74, 6) is -1.64. The van der Waals surface area contributed by atoms with E-state index < -0.39 is 41.1 Å². The number of rotatable bonds is 9. The number of fused-ring (bicyclic) bond motifs is 1. The van der Waals surface area contributed by atoms with Crippen LogP contribution < -0.4 is 5.32 Å². The van der Waals surface area contributed by atoms with Gasteiger partial charge in [0.05, 0.1) is 16.7 Å². The maximum Gasteiger partial charge on any atom is 0.436 e. The molecule has 17 heteroatoms. The number of aliphatic carboxylic acids is 1. The van der Waals surface area contributed by atoms with Crippen molar-refractivity contribution in [1.82, 2.24) is 30.2 Å². The summed E-state index contributed by atoms with van der Waals surface area (Å²) < 4.78 is 41.8. The number of carbonyl (C=O) groups is 3. The van der Waals surface area contributed by atoms with Gasteiger partial charge in [0.2, 0.25) is 5.91 Å². The first-order valence-corrected chi connectivity index (χ1v) is 15.1. The van der Waals surface area contributed by atoms with Gasteiger partial charge in [0.1, 0.15) is 22.1 Å². The minimum absolute atomic E-state index is 0.0408. The highest BCUT2D eigenvalue weighted by Gasteiger charge is 2.54. The van der Waals surface area contributed by atoms with Crippen molar-refractivity contribution in [1.29, 1.82) is 0 Å². The molecule has 2 fully saturated rings. The Hall–Kier alpha value is -2.11. The van der Waals surface area contributed by atoms with Crippen LogP contribution in [-0.2, 0) is 27.1 Å². The molecule has 38 heavy (non-hydrogen) atoms. The molecule has 0 bridgehead atoms. The number of carboxylic acid groups (broad SMARTS) is 1. The van der Waals surface area contributed by atoms with E-state index in [2.05, 4.69) is 36.5 Å². The zero-order chi connectivity index (χ0) is 27.4. The average molecular weight is 654 g/mol. The summed E-state index contributed by atoms with van der Waals surface area (Å²) in [4.78, 5) is 38.7. The fraction of sp³-hybridized carbons (Fsp3) is 0.524. The number of aryl methyl sites for hydroxylation is 2. The van der Waals surface area contributed by atoms with E-state index in [9.17, 15) is 32.7 Å². The first kappa shape index (κ1) is 27.5. The summed E-state index contributed by atoms with van der Waals surface area (Å²) in [7, 11) is 0. The normalized spacial score (nSPS) is 21.4. The molecule has 2 amide bonds. The minimum Gasteiger partial charge on any atom is -0.477 e. The third kappa shape index (κ3) is 5.34. The lowest BCUT2D eigenvalue weighted by molar-refractivity contribution is -0.150. The molecule has 5 rings (SSSR count). The number of amides is 2. The Kier molecular flexibility index (Phi) is 7.56. The zero-order valence-corrected chi connectivity index (χ0v) is 23.7. The minimum atomic E-state index is -4.63. The van der Waals surface area contributed by atoms with Gasteiger partial charge in [-0.05, 0) is 41.3 Å². The van der Waals surface area contributed by atoms with Crippen LogP contribution >= 0.6 is 50.8 Å². The number of halogens is 4. The van der Waals surface area contributed by atoms with Crippen LogP contribution in [0.5, 0.6) is 0 Å². The monoisotopic (exact) mass is 652 g/mol. The maximum atomic E-state index is 13.3. The van der Waals surface area contributed by atoms with Crippen molar-refractivity contribution in [3.8, 4) is 0 Å². The van der Waals surface area contributed by atoms with Crippen LogP contribution in [0.15, 0.2) is 20.1 Å².